The van der Waals surface area contributed by atoms with Crippen LogP contribution in [0.1, 0.15) is 23.2 Å². The maximum absolute atomic E-state index is 13.0. The van der Waals surface area contributed by atoms with Gasteiger partial charge in [0.1, 0.15) is 17.5 Å². The van der Waals surface area contributed by atoms with Crippen molar-refractivity contribution < 1.29 is 24.2 Å². The molecule has 28 heavy (non-hydrogen) atoms. The molecule has 0 aliphatic carbocycles. The molecule has 2 heterocycles. The maximum Gasteiger partial charge on any atom is 0.258 e. The molecule has 0 bridgehead atoms. The average Bonchev–Trinajstić information content (AvgIpc) is 3.34. The number of hydrogen-bond acceptors (Lipinski definition) is 6. The molecule has 0 spiro atoms. The van der Waals surface area contributed by atoms with Gasteiger partial charge in [0.2, 0.25) is 5.91 Å². The Morgan fingerprint density at radius 1 is 1.29 bits per heavy atom. The molecule has 156 valence electrons. The number of aliphatic hydroxyl groups is 1. The summed E-state index contributed by atoms with van der Waals surface area (Å²) in [7, 11) is 3.05. The summed E-state index contributed by atoms with van der Waals surface area (Å²) in [5, 5.41) is 15.8. The number of amides is 2. The van der Waals surface area contributed by atoms with Crippen LogP contribution in [0.3, 0.4) is 0 Å². The summed E-state index contributed by atoms with van der Waals surface area (Å²) in [4.78, 5) is 27.3. The van der Waals surface area contributed by atoms with E-state index >= 15 is 0 Å². The molecular weight excluding hydrogens is 386 g/mol. The van der Waals surface area contributed by atoms with Gasteiger partial charge in [-0.1, -0.05) is 0 Å². The SMILES string of the molecule is COc1ccc(C(=O)N2CCCC2C(=O)NCC2CNCC2O)c(OC)c1.Cl. The molecule has 2 fully saturated rings. The fourth-order valence-electron chi connectivity index (χ4n) is 3.69. The minimum atomic E-state index is -0.504. The predicted molar refractivity (Wildman–Crippen MR) is 106 cm³/mol. The Bertz CT molecular complexity index is 702. The van der Waals surface area contributed by atoms with Crippen LogP contribution in [0.2, 0.25) is 0 Å². The number of nitrogens with zero attached hydrogens (tertiary/aromatic N) is 1. The normalized spacial score (nSPS) is 23.8. The van der Waals surface area contributed by atoms with Gasteiger partial charge in [0.25, 0.3) is 5.91 Å². The highest BCUT2D eigenvalue weighted by molar-refractivity contribution is 6.00. The predicted octanol–water partition coefficient (Wildman–Crippen LogP) is 0.427. The molecule has 3 N–H and O–H groups in total. The van der Waals surface area contributed by atoms with Crippen LogP contribution >= 0.6 is 12.4 Å². The van der Waals surface area contributed by atoms with Gasteiger partial charge < -0.3 is 30.1 Å². The molecule has 3 rings (SSSR count). The number of hydrogen-bond donors (Lipinski definition) is 3. The lowest BCUT2D eigenvalue weighted by Gasteiger charge is -2.25. The van der Waals surface area contributed by atoms with E-state index in [1.54, 1.807) is 30.2 Å². The quantitative estimate of drug-likeness (QED) is 0.625. The standard InChI is InChI=1S/C19H27N3O5.ClH/c1-26-13-5-6-14(17(8-13)27-2)19(25)22-7-3-4-15(22)18(24)21-10-12-9-20-11-16(12)23;/h5-6,8,12,15-16,20,23H,3-4,7,9-11H2,1-2H3,(H,21,24);1H. The zero-order valence-corrected chi connectivity index (χ0v) is 17.0. The van der Waals surface area contributed by atoms with E-state index in [9.17, 15) is 14.7 Å². The Morgan fingerprint density at radius 2 is 2.07 bits per heavy atom. The van der Waals surface area contributed by atoms with Gasteiger partial charge in [-0.3, -0.25) is 9.59 Å². The first-order chi connectivity index (χ1) is 13.0. The smallest absolute Gasteiger partial charge is 0.258 e. The van der Waals surface area contributed by atoms with E-state index in [1.807, 2.05) is 0 Å². The number of carbonyl (C=O) groups is 2. The fourth-order valence-corrected chi connectivity index (χ4v) is 3.69. The Labute approximate surface area is 171 Å². The summed E-state index contributed by atoms with van der Waals surface area (Å²) in [6, 6.07) is 4.52. The van der Waals surface area contributed by atoms with Crippen molar-refractivity contribution in [2.24, 2.45) is 5.92 Å². The van der Waals surface area contributed by atoms with Crippen LogP contribution < -0.4 is 20.1 Å². The minimum absolute atomic E-state index is 0. The van der Waals surface area contributed by atoms with Gasteiger partial charge in [-0.2, -0.15) is 0 Å². The Balaban J connectivity index is 0.00000280. The Morgan fingerprint density at radius 3 is 2.71 bits per heavy atom. The van der Waals surface area contributed by atoms with Crippen LogP contribution in [0.5, 0.6) is 11.5 Å². The molecule has 0 aromatic heterocycles. The molecule has 3 unspecified atom stereocenters. The van der Waals surface area contributed by atoms with Crippen LogP contribution in [0, 0.1) is 5.92 Å². The summed E-state index contributed by atoms with van der Waals surface area (Å²) in [5.74, 6) is 0.622. The first-order valence-corrected chi connectivity index (χ1v) is 9.24. The van der Waals surface area contributed by atoms with Crippen LogP contribution in [0.25, 0.3) is 0 Å². The molecule has 3 atom stereocenters. The number of β-amino-alcohol motifs (C(OH)–C–C–N with tert-alkyl or cyclic N) is 1. The van der Waals surface area contributed by atoms with E-state index in [0.29, 0.717) is 49.7 Å². The second-order valence-electron chi connectivity index (χ2n) is 6.95. The highest BCUT2D eigenvalue weighted by atomic mass is 35.5. The first kappa shape index (κ1) is 22.3. The third-order valence-electron chi connectivity index (χ3n) is 5.30. The molecule has 2 saturated heterocycles. The van der Waals surface area contributed by atoms with Gasteiger partial charge in [-0.15, -0.1) is 12.4 Å². The van der Waals surface area contributed by atoms with Gasteiger partial charge in [0.15, 0.2) is 0 Å². The molecule has 2 aliphatic heterocycles. The molecule has 0 saturated carbocycles. The zero-order valence-electron chi connectivity index (χ0n) is 16.1. The van der Waals surface area contributed by atoms with Crippen molar-refractivity contribution >= 4 is 24.2 Å². The number of benzene rings is 1. The molecule has 1 aromatic rings. The number of nitrogens with one attached hydrogen (secondary N) is 2. The first-order valence-electron chi connectivity index (χ1n) is 9.24. The molecule has 9 heteroatoms. The third-order valence-corrected chi connectivity index (χ3v) is 5.30. The van der Waals surface area contributed by atoms with Crippen LogP contribution in [0.4, 0.5) is 0 Å². The average molecular weight is 414 g/mol. The van der Waals surface area contributed by atoms with E-state index in [2.05, 4.69) is 10.6 Å². The number of halogens is 1. The zero-order chi connectivity index (χ0) is 19.4. The topological polar surface area (TPSA) is 100 Å². The van der Waals surface area contributed by atoms with Gasteiger partial charge >= 0.3 is 0 Å². The summed E-state index contributed by atoms with van der Waals surface area (Å²) in [6.07, 6.45) is 0.951. The molecule has 2 amide bonds. The van der Waals surface area contributed by atoms with E-state index in [1.165, 1.54) is 7.11 Å². The summed E-state index contributed by atoms with van der Waals surface area (Å²) >= 11 is 0. The van der Waals surface area contributed by atoms with Gasteiger partial charge in [0, 0.05) is 38.2 Å². The number of likely N-dealkylation sites (tertiary alicyclic amines) is 1. The van der Waals surface area contributed by atoms with Crippen LogP contribution in [-0.4, -0.2) is 74.4 Å². The molecule has 2 aliphatic rings. The maximum atomic E-state index is 13.0. The molecule has 1 aromatic carbocycles. The van der Waals surface area contributed by atoms with Crippen LogP contribution in [-0.2, 0) is 4.79 Å². The van der Waals surface area contributed by atoms with E-state index in [-0.39, 0.29) is 30.1 Å². The van der Waals surface area contributed by atoms with Gasteiger partial charge in [-0.25, -0.2) is 0 Å². The van der Waals surface area contributed by atoms with Crippen molar-refractivity contribution in [2.45, 2.75) is 25.0 Å². The van der Waals surface area contributed by atoms with Gasteiger partial charge in [0.05, 0.1) is 25.9 Å². The highest BCUT2D eigenvalue weighted by Crippen LogP contribution is 2.28. The third kappa shape index (κ3) is 4.68. The molecule has 8 nitrogen and oxygen atoms in total. The lowest BCUT2D eigenvalue weighted by molar-refractivity contribution is -0.125. The lowest BCUT2D eigenvalue weighted by atomic mass is 10.1. The number of ether oxygens (including phenoxy) is 2. The summed E-state index contributed by atoms with van der Waals surface area (Å²) < 4.78 is 10.5. The second-order valence-corrected chi connectivity index (χ2v) is 6.95. The van der Waals surface area contributed by atoms with Crippen molar-refractivity contribution in [1.29, 1.82) is 0 Å². The Kier molecular flexibility index (Phi) is 7.91. The van der Waals surface area contributed by atoms with E-state index < -0.39 is 12.1 Å². The molecule has 0 radical (unpaired) electrons. The van der Waals surface area contributed by atoms with Gasteiger partial charge in [-0.05, 0) is 25.0 Å². The fraction of sp³-hybridized carbons (Fsp3) is 0.579. The number of methoxy groups -OCH3 is 2. The number of aliphatic hydroxyl groups excluding tert-OH is 1. The van der Waals surface area contributed by atoms with Crippen molar-refractivity contribution in [2.75, 3.05) is 40.4 Å². The second kappa shape index (κ2) is 9.95. The number of carbonyl (C=O) groups excluding carboxylic acids is 2. The highest BCUT2D eigenvalue weighted by Gasteiger charge is 2.36. The van der Waals surface area contributed by atoms with Crippen molar-refractivity contribution in [1.82, 2.24) is 15.5 Å². The van der Waals surface area contributed by atoms with E-state index in [4.69, 9.17) is 9.47 Å². The minimum Gasteiger partial charge on any atom is -0.497 e. The summed E-state index contributed by atoms with van der Waals surface area (Å²) in [5.41, 5.74) is 0.411. The lowest BCUT2D eigenvalue weighted by Crippen LogP contribution is -2.47. The summed E-state index contributed by atoms with van der Waals surface area (Å²) in [6.45, 7) is 2.15. The largest absolute Gasteiger partial charge is 0.497 e. The van der Waals surface area contributed by atoms with Crippen molar-refractivity contribution in [3.05, 3.63) is 23.8 Å². The monoisotopic (exact) mass is 413 g/mol. The van der Waals surface area contributed by atoms with E-state index in [0.717, 1.165) is 6.42 Å². The number of rotatable bonds is 6. The molecular formula is C19H28ClN3O5. The van der Waals surface area contributed by atoms with Crippen molar-refractivity contribution in [3.8, 4) is 11.5 Å². The van der Waals surface area contributed by atoms with Crippen molar-refractivity contribution in [3.63, 3.8) is 0 Å². The van der Waals surface area contributed by atoms with Crippen LogP contribution in [0.15, 0.2) is 18.2 Å². The Hall–Kier alpha value is -2.03.